The number of piperidine rings is 1. The standard InChI is InChI=1S/C18H25N3O2/c19-18(23)16(10-13-4-2-1-3-5-13)21-9-7-15-12-20-8-6-14(15)11-17(21)22/h1-5,14-16,20H,6-12H2,(H2,19,23). The fraction of sp³-hybridized carbons (Fsp3) is 0.556. The van der Waals surface area contributed by atoms with Crippen molar-refractivity contribution < 1.29 is 9.59 Å². The Balaban J connectivity index is 1.76. The molecule has 0 aromatic heterocycles. The number of hydrogen-bond acceptors (Lipinski definition) is 3. The van der Waals surface area contributed by atoms with Crippen LogP contribution in [0, 0.1) is 11.8 Å². The number of fused-ring (bicyclic) bond motifs is 1. The van der Waals surface area contributed by atoms with Gasteiger partial charge in [0.05, 0.1) is 0 Å². The van der Waals surface area contributed by atoms with Gasteiger partial charge < -0.3 is 16.0 Å². The lowest BCUT2D eigenvalue weighted by molar-refractivity contribution is -0.139. The van der Waals surface area contributed by atoms with Gasteiger partial charge in [-0.25, -0.2) is 0 Å². The van der Waals surface area contributed by atoms with Crippen molar-refractivity contribution in [3.63, 3.8) is 0 Å². The van der Waals surface area contributed by atoms with E-state index in [1.165, 1.54) is 0 Å². The molecule has 5 nitrogen and oxygen atoms in total. The lowest BCUT2D eigenvalue weighted by atomic mass is 9.83. The molecule has 2 amide bonds. The second kappa shape index (κ2) is 7.13. The predicted octanol–water partition coefficient (Wildman–Crippen LogP) is 0.931. The molecule has 3 N–H and O–H groups in total. The third-order valence-electron chi connectivity index (χ3n) is 5.24. The fourth-order valence-electron chi connectivity index (χ4n) is 3.89. The topological polar surface area (TPSA) is 75.4 Å². The van der Waals surface area contributed by atoms with E-state index in [2.05, 4.69) is 5.32 Å². The zero-order valence-electron chi connectivity index (χ0n) is 13.4. The number of carbonyl (C=O) groups excluding carboxylic acids is 2. The summed E-state index contributed by atoms with van der Waals surface area (Å²) in [5.41, 5.74) is 6.66. The van der Waals surface area contributed by atoms with E-state index in [9.17, 15) is 9.59 Å². The normalized spacial score (nSPS) is 26.3. The number of primary amides is 1. The zero-order valence-corrected chi connectivity index (χ0v) is 13.4. The molecule has 3 unspecified atom stereocenters. The summed E-state index contributed by atoms with van der Waals surface area (Å²) < 4.78 is 0. The molecule has 0 aliphatic carbocycles. The van der Waals surface area contributed by atoms with E-state index in [0.29, 0.717) is 31.2 Å². The Kier molecular flexibility index (Phi) is 4.96. The van der Waals surface area contributed by atoms with Crippen LogP contribution in [0.3, 0.4) is 0 Å². The minimum absolute atomic E-state index is 0.0825. The Morgan fingerprint density at radius 2 is 2.04 bits per heavy atom. The summed E-state index contributed by atoms with van der Waals surface area (Å²) in [5, 5.41) is 3.41. The van der Waals surface area contributed by atoms with Crippen molar-refractivity contribution in [2.45, 2.75) is 31.7 Å². The van der Waals surface area contributed by atoms with E-state index in [1.54, 1.807) is 4.90 Å². The predicted molar refractivity (Wildman–Crippen MR) is 88.5 cm³/mol. The quantitative estimate of drug-likeness (QED) is 0.868. The third-order valence-corrected chi connectivity index (χ3v) is 5.24. The number of nitrogens with zero attached hydrogens (tertiary/aromatic N) is 1. The summed E-state index contributed by atoms with van der Waals surface area (Å²) in [4.78, 5) is 26.4. The van der Waals surface area contributed by atoms with E-state index in [4.69, 9.17) is 5.73 Å². The number of nitrogens with one attached hydrogen (secondary N) is 1. The first-order chi connectivity index (χ1) is 11.1. The highest BCUT2D eigenvalue weighted by atomic mass is 16.2. The summed E-state index contributed by atoms with van der Waals surface area (Å²) in [6, 6.07) is 9.23. The molecule has 3 rings (SSSR count). The van der Waals surface area contributed by atoms with Crippen molar-refractivity contribution in [3.05, 3.63) is 35.9 Å². The van der Waals surface area contributed by atoms with Crippen LogP contribution in [0.2, 0.25) is 0 Å². The van der Waals surface area contributed by atoms with Crippen molar-refractivity contribution in [3.8, 4) is 0 Å². The van der Waals surface area contributed by atoms with Gasteiger partial charge in [-0.2, -0.15) is 0 Å². The monoisotopic (exact) mass is 315 g/mol. The molecule has 2 aliphatic rings. The minimum Gasteiger partial charge on any atom is -0.368 e. The minimum atomic E-state index is -0.544. The maximum absolute atomic E-state index is 12.7. The number of nitrogens with two attached hydrogens (primary N) is 1. The lowest BCUT2D eigenvalue weighted by Gasteiger charge is -2.29. The fourth-order valence-corrected chi connectivity index (χ4v) is 3.89. The van der Waals surface area contributed by atoms with Gasteiger partial charge in [-0.3, -0.25) is 9.59 Å². The van der Waals surface area contributed by atoms with Crippen LogP contribution < -0.4 is 11.1 Å². The highest BCUT2D eigenvalue weighted by Crippen LogP contribution is 2.30. The lowest BCUT2D eigenvalue weighted by Crippen LogP contribution is -2.49. The van der Waals surface area contributed by atoms with Crippen LogP contribution in [0.25, 0.3) is 0 Å². The van der Waals surface area contributed by atoms with Crippen molar-refractivity contribution >= 4 is 11.8 Å². The number of benzene rings is 1. The summed E-state index contributed by atoms with van der Waals surface area (Å²) in [6.07, 6.45) is 3.03. The number of carbonyl (C=O) groups is 2. The van der Waals surface area contributed by atoms with E-state index in [0.717, 1.165) is 31.5 Å². The molecule has 3 atom stereocenters. The highest BCUT2D eigenvalue weighted by Gasteiger charge is 2.36. The van der Waals surface area contributed by atoms with Crippen LogP contribution >= 0.6 is 0 Å². The van der Waals surface area contributed by atoms with Crippen LogP contribution in [0.15, 0.2) is 30.3 Å². The van der Waals surface area contributed by atoms with Gasteiger partial charge in [-0.15, -0.1) is 0 Å². The maximum atomic E-state index is 12.7. The second-order valence-corrected chi connectivity index (χ2v) is 6.70. The Morgan fingerprint density at radius 3 is 2.78 bits per heavy atom. The molecular formula is C18H25N3O2. The van der Waals surface area contributed by atoms with Crippen LogP contribution in [0.4, 0.5) is 0 Å². The van der Waals surface area contributed by atoms with E-state index in [-0.39, 0.29) is 5.91 Å². The number of amides is 2. The van der Waals surface area contributed by atoms with Gasteiger partial charge in [0, 0.05) is 19.4 Å². The van der Waals surface area contributed by atoms with Crippen LogP contribution in [0.5, 0.6) is 0 Å². The molecule has 5 heteroatoms. The van der Waals surface area contributed by atoms with Gasteiger partial charge in [-0.05, 0) is 43.3 Å². The molecule has 2 saturated heterocycles. The van der Waals surface area contributed by atoms with Gasteiger partial charge in [-0.1, -0.05) is 30.3 Å². The molecular weight excluding hydrogens is 290 g/mol. The summed E-state index contributed by atoms with van der Waals surface area (Å²) >= 11 is 0. The van der Waals surface area contributed by atoms with Crippen LogP contribution in [-0.4, -0.2) is 42.4 Å². The molecule has 0 spiro atoms. The van der Waals surface area contributed by atoms with Crippen molar-refractivity contribution in [1.82, 2.24) is 10.2 Å². The summed E-state index contributed by atoms with van der Waals surface area (Å²) in [6.45, 7) is 2.59. The Morgan fingerprint density at radius 1 is 1.26 bits per heavy atom. The molecule has 2 heterocycles. The van der Waals surface area contributed by atoms with Gasteiger partial charge in [0.25, 0.3) is 0 Å². The van der Waals surface area contributed by atoms with Crippen LogP contribution in [0.1, 0.15) is 24.8 Å². The molecule has 0 bridgehead atoms. The molecule has 124 valence electrons. The molecule has 23 heavy (non-hydrogen) atoms. The van der Waals surface area contributed by atoms with Crippen molar-refractivity contribution in [2.75, 3.05) is 19.6 Å². The Hall–Kier alpha value is -1.88. The van der Waals surface area contributed by atoms with Gasteiger partial charge in [0.15, 0.2) is 0 Å². The van der Waals surface area contributed by atoms with E-state index < -0.39 is 11.9 Å². The SMILES string of the molecule is NC(=O)C(Cc1ccccc1)N1CCC2CNCCC2CC1=O. The average molecular weight is 315 g/mol. The first-order valence-electron chi connectivity index (χ1n) is 8.48. The number of hydrogen-bond donors (Lipinski definition) is 2. The number of likely N-dealkylation sites (tertiary alicyclic amines) is 1. The highest BCUT2D eigenvalue weighted by molar-refractivity contribution is 5.87. The largest absolute Gasteiger partial charge is 0.368 e. The molecule has 0 saturated carbocycles. The van der Waals surface area contributed by atoms with Gasteiger partial charge in [0.2, 0.25) is 11.8 Å². The smallest absolute Gasteiger partial charge is 0.240 e. The summed E-state index contributed by atoms with van der Waals surface area (Å²) in [7, 11) is 0. The van der Waals surface area contributed by atoms with Crippen LogP contribution in [-0.2, 0) is 16.0 Å². The molecule has 2 fully saturated rings. The van der Waals surface area contributed by atoms with E-state index in [1.807, 2.05) is 30.3 Å². The third kappa shape index (κ3) is 3.72. The molecule has 0 radical (unpaired) electrons. The number of rotatable bonds is 4. The molecule has 1 aromatic carbocycles. The van der Waals surface area contributed by atoms with E-state index >= 15 is 0 Å². The Labute approximate surface area is 137 Å². The van der Waals surface area contributed by atoms with Gasteiger partial charge in [0.1, 0.15) is 6.04 Å². The maximum Gasteiger partial charge on any atom is 0.240 e. The first-order valence-corrected chi connectivity index (χ1v) is 8.48. The molecule has 2 aliphatic heterocycles. The van der Waals surface area contributed by atoms with Gasteiger partial charge >= 0.3 is 0 Å². The summed E-state index contributed by atoms with van der Waals surface area (Å²) in [5.74, 6) is 0.645. The first kappa shape index (κ1) is 16.0. The Bertz CT molecular complexity index is 561. The average Bonchev–Trinajstić information content (AvgIpc) is 2.72. The molecule has 1 aromatic rings. The zero-order chi connectivity index (χ0) is 16.2. The second-order valence-electron chi connectivity index (χ2n) is 6.70. The van der Waals surface area contributed by atoms with Crippen molar-refractivity contribution in [1.29, 1.82) is 0 Å². The van der Waals surface area contributed by atoms with Crippen molar-refractivity contribution in [2.24, 2.45) is 17.6 Å².